The highest BCUT2D eigenvalue weighted by molar-refractivity contribution is 6.03. The van der Waals surface area contributed by atoms with Gasteiger partial charge in [-0.25, -0.2) is 14.4 Å². The van der Waals surface area contributed by atoms with Crippen molar-refractivity contribution in [2.45, 2.75) is 13.8 Å². The molecule has 0 unspecified atom stereocenters. The van der Waals surface area contributed by atoms with Crippen molar-refractivity contribution in [1.82, 2.24) is 9.97 Å². The van der Waals surface area contributed by atoms with Crippen molar-refractivity contribution in [2.24, 2.45) is 0 Å². The van der Waals surface area contributed by atoms with E-state index in [-0.39, 0.29) is 23.2 Å². The first kappa shape index (κ1) is 16.6. The summed E-state index contributed by atoms with van der Waals surface area (Å²) in [5.41, 5.74) is 3.13. The van der Waals surface area contributed by atoms with E-state index in [9.17, 15) is 9.18 Å². The van der Waals surface area contributed by atoms with Crippen molar-refractivity contribution in [3.8, 4) is 0 Å². The quantitative estimate of drug-likeness (QED) is 0.748. The molecule has 3 rings (SSSR count). The number of benzene rings is 2. The van der Waals surface area contributed by atoms with Gasteiger partial charge in [0.2, 0.25) is 5.95 Å². The lowest BCUT2D eigenvalue weighted by atomic mass is 10.1. The Hall–Kier alpha value is -3.28. The molecule has 0 aliphatic rings. The zero-order chi connectivity index (χ0) is 17.8. The summed E-state index contributed by atoms with van der Waals surface area (Å²) in [6.07, 6.45) is 1.45. The molecule has 3 aromatic rings. The van der Waals surface area contributed by atoms with Crippen LogP contribution in [-0.4, -0.2) is 15.9 Å². The fourth-order valence-electron chi connectivity index (χ4n) is 2.42. The standard InChI is InChI=1S/C19H17FN4O/c1-12-6-5-7-13(2)17(12)24-18(25)16-10-11-21-19(23-16)22-15-9-4-3-8-14(15)20/h3-11H,1-2H3,(H,24,25)(H,21,22,23). The molecule has 25 heavy (non-hydrogen) atoms. The molecule has 2 N–H and O–H groups in total. The van der Waals surface area contributed by atoms with Gasteiger partial charge in [0, 0.05) is 11.9 Å². The second-order valence-corrected chi connectivity index (χ2v) is 5.59. The zero-order valence-electron chi connectivity index (χ0n) is 13.9. The predicted octanol–water partition coefficient (Wildman–Crippen LogP) is 4.23. The van der Waals surface area contributed by atoms with Crippen LogP contribution in [0.4, 0.5) is 21.7 Å². The monoisotopic (exact) mass is 336 g/mol. The van der Waals surface area contributed by atoms with E-state index in [0.717, 1.165) is 16.8 Å². The molecule has 0 aliphatic heterocycles. The molecule has 1 amide bonds. The van der Waals surface area contributed by atoms with E-state index in [1.807, 2.05) is 32.0 Å². The number of hydrogen-bond donors (Lipinski definition) is 2. The lowest BCUT2D eigenvalue weighted by Gasteiger charge is -2.11. The summed E-state index contributed by atoms with van der Waals surface area (Å²) in [6, 6.07) is 13.5. The number of hydrogen-bond acceptors (Lipinski definition) is 4. The summed E-state index contributed by atoms with van der Waals surface area (Å²) in [5.74, 6) is -0.618. The molecule has 0 saturated carbocycles. The fraction of sp³-hybridized carbons (Fsp3) is 0.105. The second-order valence-electron chi connectivity index (χ2n) is 5.59. The van der Waals surface area contributed by atoms with Gasteiger partial charge in [-0.05, 0) is 43.2 Å². The third kappa shape index (κ3) is 3.80. The zero-order valence-corrected chi connectivity index (χ0v) is 13.9. The van der Waals surface area contributed by atoms with Crippen molar-refractivity contribution in [1.29, 1.82) is 0 Å². The van der Waals surface area contributed by atoms with Crippen LogP contribution < -0.4 is 10.6 Å². The Labute approximate surface area is 145 Å². The SMILES string of the molecule is Cc1cccc(C)c1NC(=O)c1ccnc(Nc2ccccc2F)n1. The first-order valence-corrected chi connectivity index (χ1v) is 7.77. The van der Waals surface area contributed by atoms with Crippen LogP contribution in [0.25, 0.3) is 0 Å². The average Bonchev–Trinajstić information content (AvgIpc) is 2.60. The number of nitrogens with zero attached hydrogens (tertiary/aromatic N) is 2. The molecule has 0 fully saturated rings. The average molecular weight is 336 g/mol. The number of aromatic nitrogens is 2. The molecule has 6 heteroatoms. The second kappa shape index (κ2) is 7.09. The number of rotatable bonds is 4. The van der Waals surface area contributed by atoms with Crippen molar-refractivity contribution < 1.29 is 9.18 Å². The summed E-state index contributed by atoms with van der Waals surface area (Å²) < 4.78 is 13.7. The van der Waals surface area contributed by atoms with Crippen LogP contribution in [0.1, 0.15) is 21.6 Å². The number of halogens is 1. The minimum atomic E-state index is -0.420. The van der Waals surface area contributed by atoms with Crippen molar-refractivity contribution >= 4 is 23.2 Å². The molecule has 0 spiro atoms. The van der Waals surface area contributed by atoms with Crippen LogP contribution in [0, 0.1) is 19.7 Å². The molecule has 5 nitrogen and oxygen atoms in total. The molecular weight excluding hydrogens is 319 g/mol. The van der Waals surface area contributed by atoms with Gasteiger partial charge in [-0.1, -0.05) is 30.3 Å². The van der Waals surface area contributed by atoms with Gasteiger partial charge in [0.05, 0.1) is 5.69 Å². The minimum absolute atomic E-state index is 0.152. The number of aryl methyl sites for hydroxylation is 2. The molecular formula is C19H17FN4O. The summed E-state index contributed by atoms with van der Waals surface area (Å²) in [6.45, 7) is 3.85. The molecule has 0 atom stereocenters. The Morgan fingerprint density at radius 3 is 2.44 bits per heavy atom. The maximum Gasteiger partial charge on any atom is 0.274 e. The summed E-state index contributed by atoms with van der Waals surface area (Å²) in [4.78, 5) is 20.7. The molecule has 1 heterocycles. The molecule has 2 aromatic carbocycles. The van der Waals surface area contributed by atoms with Gasteiger partial charge in [0.15, 0.2) is 0 Å². The van der Waals surface area contributed by atoms with Gasteiger partial charge in [-0.15, -0.1) is 0 Å². The van der Waals surface area contributed by atoms with E-state index in [0.29, 0.717) is 0 Å². The van der Waals surface area contributed by atoms with Crippen molar-refractivity contribution in [3.63, 3.8) is 0 Å². The van der Waals surface area contributed by atoms with E-state index >= 15 is 0 Å². The molecule has 0 radical (unpaired) electrons. The largest absolute Gasteiger partial charge is 0.322 e. The number of anilines is 3. The minimum Gasteiger partial charge on any atom is -0.322 e. The summed E-state index contributed by atoms with van der Waals surface area (Å²) >= 11 is 0. The lowest BCUT2D eigenvalue weighted by Crippen LogP contribution is -2.16. The van der Waals surface area contributed by atoms with Gasteiger partial charge in [-0.3, -0.25) is 4.79 Å². The van der Waals surface area contributed by atoms with E-state index in [2.05, 4.69) is 20.6 Å². The van der Waals surface area contributed by atoms with Crippen LogP contribution in [0.3, 0.4) is 0 Å². The third-order valence-electron chi connectivity index (χ3n) is 3.73. The Bertz CT molecular complexity index is 907. The molecule has 126 valence electrons. The van der Waals surface area contributed by atoms with Gasteiger partial charge in [0.25, 0.3) is 5.91 Å². The highest BCUT2D eigenvalue weighted by atomic mass is 19.1. The van der Waals surface area contributed by atoms with E-state index < -0.39 is 5.82 Å². The van der Waals surface area contributed by atoms with Gasteiger partial charge in [0.1, 0.15) is 11.5 Å². The Morgan fingerprint density at radius 1 is 1.00 bits per heavy atom. The molecule has 0 aliphatic carbocycles. The van der Waals surface area contributed by atoms with Gasteiger partial charge < -0.3 is 10.6 Å². The van der Waals surface area contributed by atoms with Crippen LogP contribution in [0.5, 0.6) is 0 Å². The number of nitrogens with one attached hydrogen (secondary N) is 2. The highest BCUT2D eigenvalue weighted by Gasteiger charge is 2.12. The van der Waals surface area contributed by atoms with E-state index in [1.165, 1.54) is 18.3 Å². The third-order valence-corrected chi connectivity index (χ3v) is 3.73. The number of amides is 1. The normalized spacial score (nSPS) is 10.4. The maximum atomic E-state index is 13.7. The maximum absolute atomic E-state index is 13.7. The smallest absolute Gasteiger partial charge is 0.274 e. The van der Waals surface area contributed by atoms with E-state index in [4.69, 9.17) is 0 Å². The lowest BCUT2D eigenvalue weighted by molar-refractivity contribution is 0.102. The molecule has 1 aromatic heterocycles. The Kier molecular flexibility index (Phi) is 4.70. The number of carbonyl (C=O) groups is 1. The van der Waals surface area contributed by atoms with E-state index in [1.54, 1.807) is 18.2 Å². The van der Waals surface area contributed by atoms with Gasteiger partial charge >= 0.3 is 0 Å². The first-order chi connectivity index (χ1) is 12.0. The van der Waals surface area contributed by atoms with Crippen molar-refractivity contribution in [2.75, 3.05) is 10.6 Å². The fourth-order valence-corrected chi connectivity index (χ4v) is 2.42. The van der Waals surface area contributed by atoms with Crippen LogP contribution in [0.15, 0.2) is 54.7 Å². The first-order valence-electron chi connectivity index (χ1n) is 7.77. The Morgan fingerprint density at radius 2 is 1.72 bits per heavy atom. The molecule has 0 saturated heterocycles. The predicted molar refractivity (Wildman–Crippen MR) is 95.6 cm³/mol. The van der Waals surface area contributed by atoms with Crippen LogP contribution >= 0.6 is 0 Å². The summed E-state index contributed by atoms with van der Waals surface area (Å²) in [7, 11) is 0. The summed E-state index contributed by atoms with van der Waals surface area (Å²) in [5, 5.41) is 5.64. The van der Waals surface area contributed by atoms with Crippen LogP contribution in [-0.2, 0) is 0 Å². The Balaban J connectivity index is 1.81. The van der Waals surface area contributed by atoms with Crippen LogP contribution in [0.2, 0.25) is 0 Å². The number of para-hydroxylation sites is 2. The number of carbonyl (C=O) groups excluding carboxylic acids is 1. The topological polar surface area (TPSA) is 66.9 Å². The van der Waals surface area contributed by atoms with Gasteiger partial charge in [-0.2, -0.15) is 0 Å². The highest BCUT2D eigenvalue weighted by Crippen LogP contribution is 2.21. The van der Waals surface area contributed by atoms with Crippen molar-refractivity contribution in [3.05, 3.63) is 77.4 Å². The molecule has 0 bridgehead atoms.